The first-order valence-corrected chi connectivity index (χ1v) is 4.86. The average Bonchev–Trinajstić information content (AvgIpc) is 2.13. The predicted molar refractivity (Wildman–Crippen MR) is 50.1 cm³/mol. The Balaban J connectivity index is 2.65. The lowest BCUT2D eigenvalue weighted by Gasteiger charge is -2.35. The zero-order valence-corrected chi connectivity index (χ0v) is 8.29. The molecule has 1 aliphatic heterocycles. The van der Waals surface area contributed by atoms with Crippen molar-refractivity contribution < 1.29 is 4.79 Å². The van der Waals surface area contributed by atoms with Gasteiger partial charge in [-0.25, -0.2) is 0 Å². The third kappa shape index (κ3) is 2.28. The van der Waals surface area contributed by atoms with E-state index in [4.69, 9.17) is 5.26 Å². The molecule has 3 heteroatoms. The van der Waals surface area contributed by atoms with Gasteiger partial charge in [0.05, 0.1) is 18.7 Å². The number of ketones is 1. The van der Waals surface area contributed by atoms with Gasteiger partial charge in [-0.15, -0.1) is 0 Å². The van der Waals surface area contributed by atoms with E-state index in [-0.39, 0.29) is 11.8 Å². The van der Waals surface area contributed by atoms with Gasteiger partial charge in [-0.1, -0.05) is 6.92 Å². The Morgan fingerprint density at radius 3 is 3.00 bits per heavy atom. The highest BCUT2D eigenvalue weighted by molar-refractivity contribution is 5.81. The van der Waals surface area contributed by atoms with E-state index in [0.717, 1.165) is 12.8 Å². The van der Waals surface area contributed by atoms with Crippen LogP contribution in [0.25, 0.3) is 0 Å². The zero-order valence-electron chi connectivity index (χ0n) is 8.29. The molecule has 72 valence electrons. The van der Waals surface area contributed by atoms with Crippen molar-refractivity contribution in [3.8, 4) is 6.07 Å². The largest absolute Gasteiger partial charge is 0.298 e. The molecule has 0 aromatic heterocycles. The van der Waals surface area contributed by atoms with Gasteiger partial charge in [0.1, 0.15) is 5.78 Å². The quantitative estimate of drug-likeness (QED) is 0.644. The molecule has 0 radical (unpaired) electrons. The van der Waals surface area contributed by atoms with Crippen molar-refractivity contribution >= 4 is 5.78 Å². The molecule has 2 atom stereocenters. The van der Waals surface area contributed by atoms with Crippen LogP contribution in [0.5, 0.6) is 0 Å². The summed E-state index contributed by atoms with van der Waals surface area (Å²) in [6, 6.07) is 2.54. The first kappa shape index (κ1) is 10.2. The summed E-state index contributed by atoms with van der Waals surface area (Å²) in [7, 11) is 0. The molecule has 0 aromatic rings. The van der Waals surface area contributed by atoms with Gasteiger partial charge in [-0.3, -0.25) is 9.69 Å². The molecule has 1 aliphatic rings. The molecule has 0 aliphatic carbocycles. The normalized spacial score (nSPS) is 26.8. The van der Waals surface area contributed by atoms with Crippen LogP contribution in [-0.4, -0.2) is 29.3 Å². The molecular formula is C10H16N2O. The minimum Gasteiger partial charge on any atom is -0.298 e. The third-order valence-electron chi connectivity index (χ3n) is 2.70. The van der Waals surface area contributed by atoms with Crippen molar-refractivity contribution in [2.75, 3.05) is 6.54 Å². The second kappa shape index (κ2) is 4.38. The number of rotatable bonds is 2. The van der Waals surface area contributed by atoms with Crippen LogP contribution in [0.2, 0.25) is 0 Å². The van der Waals surface area contributed by atoms with Crippen molar-refractivity contribution in [3.05, 3.63) is 0 Å². The van der Waals surface area contributed by atoms with Gasteiger partial charge < -0.3 is 0 Å². The Morgan fingerprint density at radius 2 is 2.46 bits per heavy atom. The van der Waals surface area contributed by atoms with Gasteiger partial charge in [0, 0.05) is 12.5 Å². The first-order valence-electron chi connectivity index (χ1n) is 4.86. The molecule has 0 spiro atoms. The van der Waals surface area contributed by atoms with Crippen LogP contribution in [0, 0.1) is 11.3 Å². The molecule has 0 bridgehead atoms. The number of carbonyl (C=O) groups is 1. The van der Waals surface area contributed by atoms with E-state index in [1.807, 2.05) is 11.8 Å². The summed E-state index contributed by atoms with van der Waals surface area (Å²) >= 11 is 0. The Labute approximate surface area is 79.3 Å². The Morgan fingerprint density at radius 1 is 1.77 bits per heavy atom. The van der Waals surface area contributed by atoms with Crippen LogP contribution in [0.4, 0.5) is 0 Å². The van der Waals surface area contributed by atoms with E-state index in [1.165, 1.54) is 0 Å². The van der Waals surface area contributed by atoms with Gasteiger partial charge in [0.2, 0.25) is 0 Å². The number of nitriles is 1. The second-order valence-corrected chi connectivity index (χ2v) is 3.65. The fraction of sp³-hybridized carbons (Fsp3) is 0.800. The highest BCUT2D eigenvalue weighted by Gasteiger charge is 2.28. The number of nitrogens with zero attached hydrogens (tertiary/aromatic N) is 2. The fourth-order valence-electron chi connectivity index (χ4n) is 1.79. The van der Waals surface area contributed by atoms with Gasteiger partial charge in [0.15, 0.2) is 0 Å². The predicted octanol–water partition coefficient (Wildman–Crippen LogP) is 1.34. The van der Waals surface area contributed by atoms with Gasteiger partial charge in [-0.2, -0.15) is 5.26 Å². The fourth-order valence-corrected chi connectivity index (χ4v) is 1.79. The highest BCUT2D eigenvalue weighted by atomic mass is 16.1. The van der Waals surface area contributed by atoms with E-state index < -0.39 is 0 Å². The van der Waals surface area contributed by atoms with Crippen molar-refractivity contribution in [2.45, 2.75) is 45.2 Å². The maximum atomic E-state index is 11.2. The van der Waals surface area contributed by atoms with Crippen molar-refractivity contribution in [3.63, 3.8) is 0 Å². The number of hydrogen-bond acceptors (Lipinski definition) is 3. The molecule has 3 nitrogen and oxygen atoms in total. The summed E-state index contributed by atoms with van der Waals surface area (Å²) in [4.78, 5) is 13.2. The Bertz CT molecular complexity index is 232. The SMILES string of the molecule is CCC(C#N)N1CC(=O)CCC1C. The molecule has 2 unspecified atom stereocenters. The number of Topliss-reactive ketones (excluding diaryl/α,β-unsaturated/α-hetero) is 1. The Kier molecular flexibility index (Phi) is 3.44. The lowest BCUT2D eigenvalue weighted by Crippen LogP contribution is -2.47. The number of hydrogen-bond donors (Lipinski definition) is 0. The number of likely N-dealkylation sites (tertiary alicyclic amines) is 1. The maximum Gasteiger partial charge on any atom is 0.146 e. The van der Waals surface area contributed by atoms with Gasteiger partial charge >= 0.3 is 0 Å². The first-order chi connectivity index (χ1) is 6.19. The molecule has 0 N–H and O–H groups in total. The van der Waals surface area contributed by atoms with Crippen LogP contribution < -0.4 is 0 Å². The summed E-state index contributed by atoms with van der Waals surface area (Å²) in [5.74, 6) is 0.270. The zero-order chi connectivity index (χ0) is 9.84. The summed E-state index contributed by atoms with van der Waals surface area (Å²) in [5, 5.41) is 8.88. The van der Waals surface area contributed by atoms with Crippen LogP contribution >= 0.6 is 0 Å². The molecular weight excluding hydrogens is 164 g/mol. The molecule has 1 heterocycles. The minimum absolute atomic E-state index is 0.0840. The maximum absolute atomic E-state index is 11.2. The molecule has 0 amide bonds. The molecule has 1 rings (SSSR count). The monoisotopic (exact) mass is 180 g/mol. The summed E-state index contributed by atoms with van der Waals surface area (Å²) in [6.45, 7) is 4.54. The second-order valence-electron chi connectivity index (χ2n) is 3.65. The molecule has 13 heavy (non-hydrogen) atoms. The molecule has 0 aromatic carbocycles. The molecule has 1 fully saturated rings. The van der Waals surface area contributed by atoms with Crippen LogP contribution in [0.1, 0.15) is 33.1 Å². The van der Waals surface area contributed by atoms with E-state index >= 15 is 0 Å². The van der Waals surface area contributed by atoms with Gasteiger partial charge in [-0.05, 0) is 19.8 Å². The highest BCUT2D eigenvalue weighted by Crippen LogP contribution is 2.18. The summed E-state index contributed by atoms with van der Waals surface area (Å²) in [6.07, 6.45) is 2.38. The average molecular weight is 180 g/mol. The van der Waals surface area contributed by atoms with E-state index in [1.54, 1.807) is 0 Å². The van der Waals surface area contributed by atoms with Crippen molar-refractivity contribution in [1.82, 2.24) is 4.90 Å². The van der Waals surface area contributed by atoms with Crippen LogP contribution in [0.15, 0.2) is 0 Å². The van der Waals surface area contributed by atoms with E-state index in [0.29, 0.717) is 19.0 Å². The van der Waals surface area contributed by atoms with Crippen LogP contribution in [0.3, 0.4) is 0 Å². The minimum atomic E-state index is -0.0840. The third-order valence-corrected chi connectivity index (χ3v) is 2.70. The number of carbonyl (C=O) groups excluding carboxylic acids is 1. The van der Waals surface area contributed by atoms with Crippen molar-refractivity contribution in [2.24, 2.45) is 0 Å². The molecule has 1 saturated heterocycles. The van der Waals surface area contributed by atoms with E-state index in [2.05, 4.69) is 13.0 Å². The smallest absolute Gasteiger partial charge is 0.146 e. The summed E-state index contributed by atoms with van der Waals surface area (Å²) < 4.78 is 0. The van der Waals surface area contributed by atoms with Gasteiger partial charge in [0.25, 0.3) is 0 Å². The standard InChI is InChI=1S/C10H16N2O/c1-3-9(6-11)12-7-10(13)5-4-8(12)2/h8-9H,3-5,7H2,1-2H3. The molecule has 0 saturated carbocycles. The van der Waals surface area contributed by atoms with Crippen LogP contribution in [-0.2, 0) is 4.79 Å². The topological polar surface area (TPSA) is 44.1 Å². The Hall–Kier alpha value is -0.880. The van der Waals surface area contributed by atoms with Crippen molar-refractivity contribution in [1.29, 1.82) is 5.26 Å². The van der Waals surface area contributed by atoms with E-state index in [9.17, 15) is 4.79 Å². The lowest BCUT2D eigenvalue weighted by molar-refractivity contribution is -0.124. The lowest BCUT2D eigenvalue weighted by atomic mass is 10.00. The summed E-state index contributed by atoms with van der Waals surface area (Å²) in [5.41, 5.74) is 0. The number of piperidine rings is 1.